The highest BCUT2D eigenvalue weighted by atomic mass is 35.5. The molecule has 1 N–H and O–H groups in total. The summed E-state index contributed by atoms with van der Waals surface area (Å²) in [6.07, 6.45) is 2.26. The van der Waals surface area contributed by atoms with E-state index < -0.39 is 0 Å². The van der Waals surface area contributed by atoms with Crippen LogP contribution in [0.4, 0.5) is 0 Å². The number of carbonyl (C=O) groups excluding carboxylic acids is 1. The Hall–Kier alpha value is -2.83. The van der Waals surface area contributed by atoms with Crippen molar-refractivity contribution in [3.8, 4) is 17.0 Å². The number of thiazole rings is 1. The number of amides is 1. The van der Waals surface area contributed by atoms with Gasteiger partial charge in [-0.2, -0.15) is 0 Å². The Kier molecular flexibility index (Phi) is 5.32. The molecule has 0 atom stereocenters. The minimum absolute atomic E-state index is 0.0303. The SMILES string of the molecule is COc1ccc(CNC(=O)Cc2csc3nc(-c4ccc(Cl)cc4)cn23)cc1. The van der Waals surface area contributed by atoms with Gasteiger partial charge in [-0.25, -0.2) is 4.98 Å². The summed E-state index contributed by atoms with van der Waals surface area (Å²) in [5.74, 6) is 0.768. The molecule has 0 unspecified atom stereocenters. The monoisotopic (exact) mass is 411 g/mol. The molecule has 0 fully saturated rings. The molecule has 4 aromatic rings. The lowest BCUT2D eigenvalue weighted by molar-refractivity contribution is -0.120. The third kappa shape index (κ3) is 4.03. The average molecular weight is 412 g/mol. The first-order chi connectivity index (χ1) is 13.6. The predicted molar refractivity (Wildman–Crippen MR) is 112 cm³/mol. The normalized spacial score (nSPS) is 10.9. The largest absolute Gasteiger partial charge is 0.497 e. The molecule has 0 aliphatic carbocycles. The van der Waals surface area contributed by atoms with Crippen LogP contribution < -0.4 is 10.1 Å². The molecular formula is C21H18ClN3O2S. The van der Waals surface area contributed by atoms with Crippen LogP contribution in [0, 0.1) is 0 Å². The Balaban J connectivity index is 1.43. The zero-order valence-corrected chi connectivity index (χ0v) is 16.8. The number of benzene rings is 2. The molecule has 7 heteroatoms. The summed E-state index contributed by atoms with van der Waals surface area (Å²) in [5, 5.41) is 5.63. The number of fused-ring (bicyclic) bond motifs is 1. The van der Waals surface area contributed by atoms with Crippen molar-refractivity contribution in [2.45, 2.75) is 13.0 Å². The van der Waals surface area contributed by atoms with Gasteiger partial charge in [0.1, 0.15) is 5.75 Å². The van der Waals surface area contributed by atoms with Crippen LogP contribution in [0.15, 0.2) is 60.1 Å². The van der Waals surface area contributed by atoms with Crippen molar-refractivity contribution in [2.75, 3.05) is 7.11 Å². The average Bonchev–Trinajstić information content (AvgIpc) is 3.29. The van der Waals surface area contributed by atoms with Crippen LogP contribution >= 0.6 is 22.9 Å². The summed E-state index contributed by atoms with van der Waals surface area (Å²) >= 11 is 7.48. The van der Waals surface area contributed by atoms with Gasteiger partial charge in [-0.3, -0.25) is 9.20 Å². The molecule has 2 aromatic heterocycles. The standard InChI is InChI=1S/C21H18ClN3O2S/c1-27-18-8-2-14(3-9-18)11-23-20(26)10-17-13-28-21-24-19(12-25(17)21)15-4-6-16(22)7-5-15/h2-9,12-13H,10-11H2,1H3,(H,23,26). The molecular weight excluding hydrogens is 394 g/mol. The van der Waals surface area contributed by atoms with Crippen LogP contribution in [0.25, 0.3) is 16.2 Å². The van der Waals surface area contributed by atoms with Crippen molar-refractivity contribution in [1.82, 2.24) is 14.7 Å². The lowest BCUT2D eigenvalue weighted by atomic mass is 10.2. The number of nitrogens with one attached hydrogen (secondary N) is 1. The molecule has 0 saturated heterocycles. The molecule has 0 spiro atoms. The molecule has 4 rings (SSSR count). The first-order valence-corrected chi connectivity index (χ1v) is 9.99. The van der Waals surface area contributed by atoms with Crippen LogP contribution in [-0.4, -0.2) is 22.4 Å². The first-order valence-electron chi connectivity index (χ1n) is 8.73. The van der Waals surface area contributed by atoms with Crippen molar-refractivity contribution in [1.29, 1.82) is 0 Å². The van der Waals surface area contributed by atoms with Crippen LogP contribution in [0.5, 0.6) is 5.75 Å². The number of methoxy groups -OCH3 is 1. The topological polar surface area (TPSA) is 55.6 Å². The fourth-order valence-corrected chi connectivity index (χ4v) is 3.89. The molecule has 0 radical (unpaired) electrons. The first kappa shape index (κ1) is 18.5. The van der Waals surface area contributed by atoms with Gasteiger partial charge in [-0.1, -0.05) is 35.9 Å². The van der Waals surface area contributed by atoms with Gasteiger partial charge in [0.25, 0.3) is 0 Å². The van der Waals surface area contributed by atoms with E-state index in [4.69, 9.17) is 16.3 Å². The van der Waals surface area contributed by atoms with Gasteiger partial charge in [-0.15, -0.1) is 11.3 Å². The lowest BCUT2D eigenvalue weighted by Gasteiger charge is -2.06. The maximum Gasteiger partial charge on any atom is 0.226 e. The zero-order chi connectivity index (χ0) is 19.5. The second kappa shape index (κ2) is 8.04. The molecule has 142 valence electrons. The second-order valence-electron chi connectivity index (χ2n) is 6.31. The summed E-state index contributed by atoms with van der Waals surface area (Å²) in [7, 11) is 1.63. The Morgan fingerprint density at radius 3 is 2.64 bits per heavy atom. The number of nitrogens with zero attached hydrogens (tertiary/aromatic N) is 2. The van der Waals surface area contributed by atoms with Gasteiger partial charge in [0.2, 0.25) is 5.91 Å². The fraction of sp³-hybridized carbons (Fsp3) is 0.143. The fourth-order valence-electron chi connectivity index (χ4n) is 2.89. The molecule has 5 nitrogen and oxygen atoms in total. The quantitative estimate of drug-likeness (QED) is 0.505. The maximum absolute atomic E-state index is 12.4. The summed E-state index contributed by atoms with van der Waals surface area (Å²) in [6.45, 7) is 0.482. The summed E-state index contributed by atoms with van der Waals surface area (Å²) in [5.41, 5.74) is 3.80. The van der Waals surface area contributed by atoms with E-state index in [9.17, 15) is 4.79 Å². The van der Waals surface area contributed by atoms with Gasteiger partial charge >= 0.3 is 0 Å². The number of imidazole rings is 1. The van der Waals surface area contributed by atoms with E-state index >= 15 is 0 Å². The van der Waals surface area contributed by atoms with Crippen LogP contribution in [0.2, 0.25) is 5.02 Å². The zero-order valence-electron chi connectivity index (χ0n) is 15.2. The molecule has 2 aromatic carbocycles. The van der Waals surface area contributed by atoms with E-state index in [2.05, 4.69) is 10.3 Å². The second-order valence-corrected chi connectivity index (χ2v) is 7.59. The van der Waals surface area contributed by atoms with E-state index in [1.807, 2.05) is 64.5 Å². The molecule has 28 heavy (non-hydrogen) atoms. The number of aromatic nitrogens is 2. The van der Waals surface area contributed by atoms with Crippen LogP contribution in [0.1, 0.15) is 11.3 Å². The van der Waals surface area contributed by atoms with Crippen LogP contribution in [-0.2, 0) is 17.8 Å². The van der Waals surface area contributed by atoms with E-state index in [0.717, 1.165) is 33.2 Å². The highest BCUT2D eigenvalue weighted by Crippen LogP contribution is 2.25. The third-order valence-corrected chi connectivity index (χ3v) is 5.55. The number of rotatable bonds is 6. The molecule has 0 saturated carbocycles. The summed E-state index contributed by atoms with van der Waals surface area (Å²) in [4.78, 5) is 17.9. The summed E-state index contributed by atoms with van der Waals surface area (Å²) < 4.78 is 7.12. The van der Waals surface area contributed by atoms with Crippen molar-refractivity contribution >= 4 is 33.8 Å². The lowest BCUT2D eigenvalue weighted by Crippen LogP contribution is -2.24. The Morgan fingerprint density at radius 1 is 1.18 bits per heavy atom. The van der Waals surface area contributed by atoms with Crippen molar-refractivity contribution in [3.63, 3.8) is 0 Å². The van der Waals surface area contributed by atoms with Gasteiger partial charge in [-0.05, 0) is 29.8 Å². The van der Waals surface area contributed by atoms with E-state index in [1.54, 1.807) is 7.11 Å². The van der Waals surface area contributed by atoms with Crippen LogP contribution in [0.3, 0.4) is 0 Å². The van der Waals surface area contributed by atoms with E-state index in [-0.39, 0.29) is 5.91 Å². The van der Waals surface area contributed by atoms with E-state index in [1.165, 1.54) is 11.3 Å². The Bertz CT molecular complexity index is 1100. The number of hydrogen-bond donors (Lipinski definition) is 1. The molecule has 2 heterocycles. The smallest absolute Gasteiger partial charge is 0.226 e. The molecule has 1 amide bonds. The molecule has 0 aliphatic heterocycles. The van der Waals surface area contributed by atoms with Crippen molar-refractivity contribution in [3.05, 3.63) is 76.4 Å². The summed E-state index contributed by atoms with van der Waals surface area (Å²) in [6, 6.07) is 15.2. The number of hydrogen-bond acceptors (Lipinski definition) is 4. The minimum Gasteiger partial charge on any atom is -0.497 e. The van der Waals surface area contributed by atoms with Gasteiger partial charge in [0.05, 0.1) is 19.2 Å². The molecule has 0 bridgehead atoms. The van der Waals surface area contributed by atoms with Crippen molar-refractivity contribution in [2.24, 2.45) is 0 Å². The maximum atomic E-state index is 12.4. The third-order valence-electron chi connectivity index (χ3n) is 4.41. The van der Waals surface area contributed by atoms with Gasteiger partial charge < -0.3 is 10.1 Å². The molecule has 0 aliphatic rings. The highest BCUT2D eigenvalue weighted by Gasteiger charge is 2.12. The van der Waals surface area contributed by atoms with Gasteiger partial charge in [0, 0.05) is 34.4 Å². The number of halogens is 1. The minimum atomic E-state index is -0.0303. The number of carbonyl (C=O) groups is 1. The Labute approximate surface area is 171 Å². The predicted octanol–water partition coefficient (Wildman–Crippen LogP) is 4.58. The highest BCUT2D eigenvalue weighted by molar-refractivity contribution is 7.15. The van der Waals surface area contributed by atoms with E-state index in [0.29, 0.717) is 18.0 Å². The number of ether oxygens (including phenoxy) is 1. The Morgan fingerprint density at radius 2 is 1.93 bits per heavy atom. The van der Waals surface area contributed by atoms with Crippen molar-refractivity contribution < 1.29 is 9.53 Å². The van der Waals surface area contributed by atoms with Gasteiger partial charge in [0.15, 0.2) is 4.96 Å².